The highest BCUT2D eigenvalue weighted by atomic mass is 16.3. The van der Waals surface area contributed by atoms with Gasteiger partial charge in [0.25, 0.3) is 11.8 Å². The quantitative estimate of drug-likeness (QED) is 0.783. The Balaban J connectivity index is 1.61. The molecule has 0 bridgehead atoms. The van der Waals surface area contributed by atoms with Crippen LogP contribution in [0.2, 0.25) is 0 Å². The highest BCUT2D eigenvalue weighted by molar-refractivity contribution is 5.98. The topological polar surface area (TPSA) is 81.1 Å². The fourth-order valence-corrected chi connectivity index (χ4v) is 4.46. The molecule has 0 radical (unpaired) electrons. The molecular weight excluding hydrogens is 356 g/mol. The standard InChI is InChI=1S/C22H32N2O4/c25-13-9-17-3-1-11-23(15-17)21(27)19-5-7-20(8-6-19)22(28)24-12-2-4-18(16-24)10-14-26/h5-8,17-18,25-26H,1-4,9-16H2. The predicted molar refractivity (Wildman–Crippen MR) is 107 cm³/mol. The van der Waals surface area contributed by atoms with Gasteiger partial charge in [0.1, 0.15) is 0 Å². The molecule has 154 valence electrons. The third-order valence-electron chi connectivity index (χ3n) is 6.07. The Hall–Kier alpha value is -1.92. The van der Waals surface area contributed by atoms with Crippen molar-refractivity contribution >= 4 is 11.8 Å². The number of nitrogens with zero attached hydrogens (tertiary/aromatic N) is 2. The lowest BCUT2D eigenvalue weighted by molar-refractivity contribution is 0.0643. The number of aliphatic hydroxyl groups is 2. The molecule has 1 aromatic carbocycles. The van der Waals surface area contributed by atoms with Crippen LogP contribution in [-0.4, -0.2) is 71.2 Å². The fraction of sp³-hybridized carbons (Fsp3) is 0.636. The van der Waals surface area contributed by atoms with Crippen molar-refractivity contribution in [3.63, 3.8) is 0 Å². The molecule has 3 rings (SSSR count). The summed E-state index contributed by atoms with van der Waals surface area (Å²) in [5.74, 6) is 0.745. The summed E-state index contributed by atoms with van der Waals surface area (Å²) in [4.78, 5) is 29.3. The van der Waals surface area contributed by atoms with Gasteiger partial charge in [-0.05, 0) is 74.6 Å². The lowest BCUT2D eigenvalue weighted by atomic mass is 9.94. The first-order valence-electron chi connectivity index (χ1n) is 10.5. The van der Waals surface area contributed by atoms with Crippen molar-refractivity contribution in [2.24, 2.45) is 11.8 Å². The second-order valence-electron chi connectivity index (χ2n) is 8.12. The molecule has 0 spiro atoms. The van der Waals surface area contributed by atoms with Crippen molar-refractivity contribution < 1.29 is 19.8 Å². The van der Waals surface area contributed by atoms with E-state index < -0.39 is 0 Å². The van der Waals surface area contributed by atoms with E-state index >= 15 is 0 Å². The van der Waals surface area contributed by atoms with Crippen LogP contribution in [0.15, 0.2) is 24.3 Å². The van der Waals surface area contributed by atoms with Crippen molar-refractivity contribution in [2.75, 3.05) is 39.4 Å². The highest BCUT2D eigenvalue weighted by Gasteiger charge is 2.26. The smallest absolute Gasteiger partial charge is 0.253 e. The van der Waals surface area contributed by atoms with Crippen LogP contribution in [-0.2, 0) is 0 Å². The molecule has 0 aromatic heterocycles. The van der Waals surface area contributed by atoms with Gasteiger partial charge in [0.2, 0.25) is 0 Å². The SMILES string of the molecule is O=C(c1ccc(C(=O)N2CCCC(CCO)C2)cc1)N1CCCC(CCO)C1. The van der Waals surface area contributed by atoms with Gasteiger partial charge >= 0.3 is 0 Å². The molecule has 2 N–H and O–H groups in total. The summed E-state index contributed by atoms with van der Waals surface area (Å²) in [6, 6.07) is 7.00. The summed E-state index contributed by atoms with van der Waals surface area (Å²) in [5, 5.41) is 18.3. The molecule has 6 heteroatoms. The zero-order chi connectivity index (χ0) is 19.9. The number of piperidine rings is 2. The molecule has 2 saturated heterocycles. The molecule has 28 heavy (non-hydrogen) atoms. The molecule has 2 aliphatic heterocycles. The van der Waals surface area contributed by atoms with Crippen LogP contribution < -0.4 is 0 Å². The number of carbonyl (C=O) groups is 2. The number of benzene rings is 1. The van der Waals surface area contributed by atoms with Gasteiger partial charge in [-0.3, -0.25) is 9.59 Å². The van der Waals surface area contributed by atoms with Gasteiger partial charge in [-0.15, -0.1) is 0 Å². The number of carbonyl (C=O) groups excluding carboxylic acids is 2. The van der Waals surface area contributed by atoms with Gasteiger partial charge in [-0.25, -0.2) is 0 Å². The minimum absolute atomic E-state index is 0.00243. The van der Waals surface area contributed by atoms with Gasteiger partial charge in [-0.1, -0.05) is 0 Å². The van der Waals surface area contributed by atoms with Crippen molar-refractivity contribution in [3.05, 3.63) is 35.4 Å². The maximum atomic E-state index is 12.8. The summed E-state index contributed by atoms with van der Waals surface area (Å²) in [6.45, 7) is 3.22. The van der Waals surface area contributed by atoms with Crippen molar-refractivity contribution in [3.8, 4) is 0 Å². The average molecular weight is 389 g/mol. The van der Waals surface area contributed by atoms with Gasteiger partial charge in [-0.2, -0.15) is 0 Å². The van der Waals surface area contributed by atoms with Crippen LogP contribution in [0.25, 0.3) is 0 Å². The summed E-state index contributed by atoms with van der Waals surface area (Å²) >= 11 is 0. The minimum atomic E-state index is 0.00243. The second-order valence-corrected chi connectivity index (χ2v) is 8.12. The van der Waals surface area contributed by atoms with Crippen LogP contribution in [0.3, 0.4) is 0 Å². The largest absolute Gasteiger partial charge is 0.396 e. The van der Waals surface area contributed by atoms with Crippen molar-refractivity contribution in [1.29, 1.82) is 0 Å². The molecule has 2 aliphatic rings. The molecule has 2 atom stereocenters. The normalized spacial score (nSPS) is 22.9. The molecule has 1 aromatic rings. The number of amides is 2. The molecule has 2 heterocycles. The van der Waals surface area contributed by atoms with E-state index in [0.29, 0.717) is 36.1 Å². The van der Waals surface area contributed by atoms with Crippen LogP contribution in [0, 0.1) is 11.8 Å². The summed E-state index contributed by atoms with van der Waals surface area (Å²) < 4.78 is 0. The zero-order valence-corrected chi connectivity index (χ0v) is 16.6. The molecule has 6 nitrogen and oxygen atoms in total. The van der Waals surface area contributed by atoms with Crippen LogP contribution >= 0.6 is 0 Å². The Morgan fingerprint density at radius 3 is 1.54 bits per heavy atom. The first kappa shape index (κ1) is 20.8. The van der Waals surface area contributed by atoms with Crippen molar-refractivity contribution in [1.82, 2.24) is 9.80 Å². The van der Waals surface area contributed by atoms with Crippen LogP contribution in [0.1, 0.15) is 59.2 Å². The Morgan fingerprint density at radius 2 is 1.18 bits per heavy atom. The molecule has 2 unspecified atom stereocenters. The van der Waals surface area contributed by atoms with Gasteiger partial charge in [0.05, 0.1) is 0 Å². The van der Waals surface area contributed by atoms with Gasteiger partial charge < -0.3 is 20.0 Å². The first-order chi connectivity index (χ1) is 13.6. The van der Waals surface area contributed by atoms with E-state index in [9.17, 15) is 9.59 Å². The Bertz CT molecular complexity index is 600. The highest BCUT2D eigenvalue weighted by Crippen LogP contribution is 2.23. The Kier molecular flexibility index (Phi) is 7.45. The van der Waals surface area contributed by atoms with Crippen molar-refractivity contribution in [2.45, 2.75) is 38.5 Å². The lowest BCUT2D eigenvalue weighted by Crippen LogP contribution is -2.40. The summed E-state index contributed by atoms with van der Waals surface area (Å²) in [5.41, 5.74) is 1.22. The predicted octanol–water partition coefficient (Wildman–Crippen LogP) is 2.16. The Morgan fingerprint density at radius 1 is 0.786 bits per heavy atom. The first-order valence-corrected chi connectivity index (χ1v) is 10.5. The maximum Gasteiger partial charge on any atom is 0.253 e. The van der Waals surface area contributed by atoms with E-state index in [2.05, 4.69) is 0 Å². The third-order valence-corrected chi connectivity index (χ3v) is 6.07. The number of hydrogen-bond donors (Lipinski definition) is 2. The van der Waals surface area contributed by atoms with E-state index in [1.807, 2.05) is 9.80 Å². The second kappa shape index (κ2) is 10.0. The Labute approximate surface area is 167 Å². The summed E-state index contributed by atoms with van der Waals surface area (Å²) in [7, 11) is 0. The third kappa shape index (κ3) is 5.11. The van der Waals surface area contributed by atoms with E-state index in [0.717, 1.165) is 51.6 Å². The monoisotopic (exact) mass is 388 g/mol. The average Bonchev–Trinajstić information content (AvgIpc) is 2.74. The van der Waals surface area contributed by atoms with E-state index in [1.165, 1.54) is 0 Å². The van der Waals surface area contributed by atoms with E-state index in [1.54, 1.807) is 24.3 Å². The van der Waals surface area contributed by atoms with E-state index in [4.69, 9.17) is 10.2 Å². The van der Waals surface area contributed by atoms with Gasteiger partial charge in [0.15, 0.2) is 0 Å². The molecule has 2 fully saturated rings. The fourth-order valence-electron chi connectivity index (χ4n) is 4.46. The number of aliphatic hydroxyl groups excluding tert-OH is 2. The molecule has 0 aliphatic carbocycles. The lowest BCUT2D eigenvalue weighted by Gasteiger charge is -2.33. The maximum absolute atomic E-state index is 12.8. The summed E-state index contributed by atoms with van der Waals surface area (Å²) in [6.07, 6.45) is 5.54. The number of hydrogen-bond acceptors (Lipinski definition) is 4. The van der Waals surface area contributed by atoms with Crippen LogP contribution in [0.5, 0.6) is 0 Å². The number of rotatable bonds is 6. The van der Waals surface area contributed by atoms with Crippen LogP contribution in [0.4, 0.5) is 0 Å². The van der Waals surface area contributed by atoms with Gasteiger partial charge in [0, 0.05) is 50.5 Å². The zero-order valence-electron chi connectivity index (χ0n) is 16.6. The molecule has 0 saturated carbocycles. The molecule has 2 amide bonds. The van der Waals surface area contributed by atoms with E-state index in [-0.39, 0.29) is 25.0 Å². The number of likely N-dealkylation sites (tertiary alicyclic amines) is 2. The minimum Gasteiger partial charge on any atom is -0.396 e. The molecular formula is C22H32N2O4.